The van der Waals surface area contributed by atoms with Gasteiger partial charge in [0.25, 0.3) is 0 Å². The van der Waals surface area contributed by atoms with Crippen LogP contribution >= 0.6 is 0 Å². The molecule has 0 bridgehead atoms. The van der Waals surface area contributed by atoms with Crippen molar-refractivity contribution in [2.75, 3.05) is 6.61 Å². The van der Waals surface area contributed by atoms with Gasteiger partial charge in [-0.05, 0) is 20.3 Å². The van der Waals surface area contributed by atoms with E-state index in [1.165, 1.54) is 0 Å². The molecule has 0 unspecified atom stereocenters. The molecule has 0 aliphatic heterocycles. The van der Waals surface area contributed by atoms with E-state index in [1.807, 2.05) is 26.0 Å². The normalized spacial score (nSPS) is 12.1. The zero-order chi connectivity index (χ0) is 9.40. The Balaban J connectivity index is 3.65. The first-order chi connectivity index (χ1) is 5.72. The molecular formula is C10H16O2. The molecule has 0 aromatic carbocycles. The summed E-state index contributed by atoms with van der Waals surface area (Å²) >= 11 is 0. The van der Waals surface area contributed by atoms with Crippen LogP contribution in [-0.2, 0) is 9.53 Å². The maximum Gasteiger partial charge on any atom is 0.333 e. The van der Waals surface area contributed by atoms with Gasteiger partial charge in [0.2, 0.25) is 0 Å². The van der Waals surface area contributed by atoms with Gasteiger partial charge in [-0.15, -0.1) is 0 Å². The number of hydrogen-bond acceptors (Lipinski definition) is 2. The Hall–Kier alpha value is -1.05. The summed E-state index contributed by atoms with van der Waals surface area (Å²) in [5, 5.41) is 0. The number of ether oxygens (including phenoxy) is 1. The fourth-order valence-electron chi connectivity index (χ4n) is 0.590. The molecule has 0 atom stereocenters. The molecule has 2 heteroatoms. The maximum atomic E-state index is 11.0. The van der Waals surface area contributed by atoms with Crippen molar-refractivity contribution in [3.8, 4) is 0 Å². The molecule has 0 radical (unpaired) electrons. The van der Waals surface area contributed by atoms with E-state index < -0.39 is 0 Å². The van der Waals surface area contributed by atoms with Crippen LogP contribution in [0.15, 0.2) is 23.8 Å². The Kier molecular flexibility index (Phi) is 6.07. The predicted octanol–water partition coefficient (Wildman–Crippen LogP) is 2.46. The van der Waals surface area contributed by atoms with E-state index in [0.29, 0.717) is 12.2 Å². The summed E-state index contributed by atoms with van der Waals surface area (Å²) < 4.78 is 4.90. The number of esters is 1. The molecule has 0 saturated heterocycles. The van der Waals surface area contributed by atoms with E-state index in [4.69, 9.17) is 4.74 Å². The number of allylic oxidation sites excluding steroid dienone is 2. The first-order valence-corrected chi connectivity index (χ1v) is 4.17. The van der Waals surface area contributed by atoms with E-state index in [2.05, 4.69) is 0 Å². The third-order valence-corrected chi connectivity index (χ3v) is 1.47. The number of hydrogen-bond donors (Lipinski definition) is 0. The topological polar surface area (TPSA) is 26.3 Å². The fraction of sp³-hybridized carbons (Fsp3) is 0.500. The lowest BCUT2D eigenvalue weighted by molar-refractivity contribution is -0.137. The summed E-state index contributed by atoms with van der Waals surface area (Å²) in [6.45, 7) is 5.97. The van der Waals surface area contributed by atoms with Gasteiger partial charge < -0.3 is 4.74 Å². The Morgan fingerprint density at radius 1 is 1.42 bits per heavy atom. The van der Waals surface area contributed by atoms with Crippen molar-refractivity contribution in [3.63, 3.8) is 0 Å². The molecule has 0 aliphatic carbocycles. The van der Waals surface area contributed by atoms with E-state index in [9.17, 15) is 4.79 Å². The standard InChI is InChI=1S/C10H16O2/c1-4-6-7-8-12-10(11)9(3)5-2/h5-7H,4,8H2,1-3H3/b7-6?,9-5+. The van der Waals surface area contributed by atoms with Gasteiger partial charge in [0.15, 0.2) is 0 Å². The minimum atomic E-state index is -0.238. The summed E-state index contributed by atoms with van der Waals surface area (Å²) in [4.78, 5) is 11.0. The largest absolute Gasteiger partial charge is 0.458 e. The molecule has 0 fully saturated rings. The van der Waals surface area contributed by atoms with Gasteiger partial charge >= 0.3 is 5.97 Å². The average molecular weight is 168 g/mol. The molecule has 0 spiro atoms. The van der Waals surface area contributed by atoms with Gasteiger partial charge in [-0.2, -0.15) is 0 Å². The first kappa shape index (κ1) is 11.0. The molecule has 68 valence electrons. The number of rotatable bonds is 4. The summed E-state index contributed by atoms with van der Waals surface area (Å²) in [7, 11) is 0. The van der Waals surface area contributed by atoms with E-state index in [0.717, 1.165) is 6.42 Å². The van der Waals surface area contributed by atoms with Crippen LogP contribution in [0.25, 0.3) is 0 Å². The van der Waals surface area contributed by atoms with Crippen molar-refractivity contribution < 1.29 is 9.53 Å². The predicted molar refractivity (Wildman–Crippen MR) is 49.8 cm³/mol. The van der Waals surface area contributed by atoms with E-state index >= 15 is 0 Å². The van der Waals surface area contributed by atoms with Crippen LogP contribution in [-0.4, -0.2) is 12.6 Å². The summed E-state index contributed by atoms with van der Waals surface area (Å²) in [6.07, 6.45) is 6.53. The molecule has 0 N–H and O–H groups in total. The van der Waals surface area contributed by atoms with Gasteiger partial charge in [-0.25, -0.2) is 4.79 Å². The lowest BCUT2D eigenvalue weighted by Gasteiger charge is -1.99. The maximum absolute atomic E-state index is 11.0. The second kappa shape index (κ2) is 6.65. The van der Waals surface area contributed by atoms with Crippen LogP contribution in [0.3, 0.4) is 0 Å². The summed E-state index contributed by atoms with van der Waals surface area (Å²) in [5.41, 5.74) is 0.653. The van der Waals surface area contributed by atoms with Crippen LogP contribution < -0.4 is 0 Å². The smallest absolute Gasteiger partial charge is 0.333 e. The first-order valence-electron chi connectivity index (χ1n) is 4.17. The third kappa shape index (κ3) is 4.72. The molecule has 0 aliphatic rings. The zero-order valence-corrected chi connectivity index (χ0v) is 7.96. The second-order valence-electron chi connectivity index (χ2n) is 2.45. The highest BCUT2D eigenvalue weighted by Gasteiger charge is 2.01. The monoisotopic (exact) mass is 168 g/mol. The van der Waals surface area contributed by atoms with Gasteiger partial charge in [0, 0.05) is 5.57 Å². The quantitative estimate of drug-likeness (QED) is 0.366. The Labute approximate surface area is 73.9 Å². The molecule has 0 rings (SSSR count). The fourth-order valence-corrected chi connectivity index (χ4v) is 0.590. The SMILES string of the molecule is C/C=C(\C)C(=O)OCC=CCC. The molecule has 0 heterocycles. The number of carbonyl (C=O) groups is 1. The molecule has 0 amide bonds. The van der Waals surface area contributed by atoms with Gasteiger partial charge in [-0.1, -0.05) is 25.2 Å². The molecular weight excluding hydrogens is 152 g/mol. The summed E-state index contributed by atoms with van der Waals surface area (Å²) in [5.74, 6) is -0.238. The van der Waals surface area contributed by atoms with Crippen molar-refractivity contribution in [2.45, 2.75) is 27.2 Å². The van der Waals surface area contributed by atoms with Crippen molar-refractivity contribution in [2.24, 2.45) is 0 Å². The van der Waals surface area contributed by atoms with Gasteiger partial charge in [0.05, 0.1) is 0 Å². The van der Waals surface area contributed by atoms with Crippen molar-refractivity contribution in [1.29, 1.82) is 0 Å². The van der Waals surface area contributed by atoms with Crippen LogP contribution in [0.5, 0.6) is 0 Å². The van der Waals surface area contributed by atoms with Crippen molar-refractivity contribution in [3.05, 3.63) is 23.8 Å². The van der Waals surface area contributed by atoms with Crippen LogP contribution in [0, 0.1) is 0 Å². The molecule has 2 nitrogen and oxygen atoms in total. The van der Waals surface area contributed by atoms with Crippen molar-refractivity contribution >= 4 is 5.97 Å². The molecule has 0 aromatic heterocycles. The summed E-state index contributed by atoms with van der Waals surface area (Å²) in [6, 6.07) is 0. The van der Waals surface area contributed by atoms with Gasteiger partial charge in [-0.3, -0.25) is 0 Å². The van der Waals surface area contributed by atoms with Crippen LogP contribution in [0.1, 0.15) is 27.2 Å². The highest BCUT2D eigenvalue weighted by atomic mass is 16.5. The third-order valence-electron chi connectivity index (χ3n) is 1.47. The molecule has 12 heavy (non-hydrogen) atoms. The highest BCUT2D eigenvalue weighted by Crippen LogP contribution is 1.95. The minimum absolute atomic E-state index is 0.238. The lowest BCUT2D eigenvalue weighted by atomic mass is 10.3. The highest BCUT2D eigenvalue weighted by molar-refractivity contribution is 5.87. The zero-order valence-electron chi connectivity index (χ0n) is 7.96. The van der Waals surface area contributed by atoms with E-state index in [-0.39, 0.29) is 5.97 Å². The van der Waals surface area contributed by atoms with Gasteiger partial charge in [0.1, 0.15) is 6.61 Å². The second-order valence-corrected chi connectivity index (χ2v) is 2.45. The Morgan fingerprint density at radius 3 is 2.58 bits per heavy atom. The number of carbonyl (C=O) groups excluding carboxylic acids is 1. The lowest BCUT2D eigenvalue weighted by Crippen LogP contribution is -2.05. The molecule has 0 saturated carbocycles. The minimum Gasteiger partial charge on any atom is -0.458 e. The van der Waals surface area contributed by atoms with Crippen LogP contribution in [0.4, 0.5) is 0 Å². The van der Waals surface area contributed by atoms with Crippen LogP contribution in [0.2, 0.25) is 0 Å². The Bertz CT molecular complexity index is 190. The molecule has 0 aromatic rings. The van der Waals surface area contributed by atoms with E-state index in [1.54, 1.807) is 13.0 Å². The average Bonchev–Trinajstić information content (AvgIpc) is 2.10. The van der Waals surface area contributed by atoms with Crippen molar-refractivity contribution in [1.82, 2.24) is 0 Å². The Morgan fingerprint density at radius 2 is 2.08 bits per heavy atom.